The lowest BCUT2D eigenvalue weighted by molar-refractivity contribution is -0.132. The van der Waals surface area contributed by atoms with E-state index in [1.54, 1.807) is 22.6 Å². The summed E-state index contributed by atoms with van der Waals surface area (Å²) in [6.45, 7) is 8.23. The van der Waals surface area contributed by atoms with Crippen LogP contribution in [0.5, 0.6) is 11.6 Å². The maximum atomic E-state index is 13.1. The van der Waals surface area contributed by atoms with Crippen LogP contribution in [0.1, 0.15) is 69.4 Å². The lowest BCUT2D eigenvalue weighted by Crippen LogP contribution is -2.41. The van der Waals surface area contributed by atoms with E-state index < -0.39 is 0 Å². The first-order valence-electron chi connectivity index (χ1n) is 13.1. The smallest absolute Gasteiger partial charge is 0.331 e. The standard InChI is InChI=1S/C28H31N7O3/c1-16(2)35-25(19-5-6-19)13-26(32-35)31-28(37)33-10-9-20-12-21(7-8-24(20)33)38-27-22-11-17(3)34(18(4)36)14-23(22)29-15-30-27/h7-10,12-13,15-17,19H,5-6,11,14H2,1-4H3,(H,31,32,37)/t17-/m0/s1. The summed E-state index contributed by atoms with van der Waals surface area (Å²) in [6.07, 6.45) is 6.18. The normalized spacial score (nSPS) is 17.1. The van der Waals surface area contributed by atoms with Crippen LogP contribution in [-0.2, 0) is 17.8 Å². The van der Waals surface area contributed by atoms with Gasteiger partial charge in [0.25, 0.3) is 0 Å². The van der Waals surface area contributed by atoms with E-state index in [9.17, 15) is 9.59 Å². The molecule has 4 heterocycles. The monoisotopic (exact) mass is 513 g/mol. The lowest BCUT2D eigenvalue weighted by Gasteiger charge is -2.33. The molecule has 38 heavy (non-hydrogen) atoms. The number of carbonyl (C=O) groups excluding carboxylic acids is 2. The summed E-state index contributed by atoms with van der Waals surface area (Å²) in [5.74, 6) is 2.24. The van der Waals surface area contributed by atoms with Gasteiger partial charge in [-0.25, -0.2) is 14.8 Å². The average Bonchev–Trinajstić information content (AvgIpc) is 3.50. The summed E-state index contributed by atoms with van der Waals surface area (Å²) in [4.78, 5) is 35.7. The van der Waals surface area contributed by atoms with Crippen molar-refractivity contribution in [2.45, 2.75) is 71.5 Å². The van der Waals surface area contributed by atoms with E-state index in [2.05, 4.69) is 34.2 Å². The number of rotatable bonds is 5. The zero-order valence-corrected chi connectivity index (χ0v) is 22.0. The molecule has 1 saturated carbocycles. The fourth-order valence-electron chi connectivity index (χ4n) is 5.21. The second-order valence-corrected chi connectivity index (χ2v) is 10.5. The van der Waals surface area contributed by atoms with Crippen LogP contribution in [0.3, 0.4) is 0 Å². The highest BCUT2D eigenvalue weighted by atomic mass is 16.5. The summed E-state index contributed by atoms with van der Waals surface area (Å²) in [5.41, 5.74) is 3.67. The lowest BCUT2D eigenvalue weighted by atomic mass is 9.99. The van der Waals surface area contributed by atoms with E-state index in [4.69, 9.17) is 4.74 Å². The van der Waals surface area contributed by atoms with Crippen LogP contribution in [0.2, 0.25) is 0 Å². The van der Waals surface area contributed by atoms with Crippen molar-refractivity contribution in [1.29, 1.82) is 0 Å². The fraction of sp³-hybridized carbons (Fsp3) is 0.393. The van der Waals surface area contributed by atoms with Gasteiger partial charge in [-0.15, -0.1) is 0 Å². The molecule has 2 amide bonds. The summed E-state index contributed by atoms with van der Waals surface area (Å²) >= 11 is 0. The number of carbonyl (C=O) groups is 2. The number of hydrogen-bond acceptors (Lipinski definition) is 6. The first-order chi connectivity index (χ1) is 18.3. The van der Waals surface area contributed by atoms with Crippen LogP contribution in [0.25, 0.3) is 10.9 Å². The molecule has 1 N–H and O–H groups in total. The number of aromatic nitrogens is 5. The van der Waals surface area contributed by atoms with E-state index in [0.717, 1.165) is 22.2 Å². The van der Waals surface area contributed by atoms with Crippen LogP contribution < -0.4 is 10.1 Å². The molecule has 1 aliphatic carbocycles. The molecule has 0 radical (unpaired) electrons. The second kappa shape index (κ2) is 9.27. The molecule has 1 aromatic carbocycles. The van der Waals surface area contributed by atoms with Gasteiger partial charge in [0.2, 0.25) is 11.8 Å². The number of hydrogen-bond donors (Lipinski definition) is 1. The molecule has 4 aromatic rings. The number of ether oxygens (including phenoxy) is 1. The highest BCUT2D eigenvalue weighted by Crippen LogP contribution is 2.41. The van der Waals surface area contributed by atoms with Gasteiger partial charge in [0.1, 0.15) is 12.1 Å². The Morgan fingerprint density at radius 2 is 1.95 bits per heavy atom. The third kappa shape index (κ3) is 4.40. The number of benzene rings is 1. The van der Waals surface area contributed by atoms with Crippen molar-refractivity contribution < 1.29 is 14.3 Å². The molecule has 0 saturated heterocycles. The Hall–Kier alpha value is -4.21. The first kappa shape index (κ1) is 24.1. The predicted molar refractivity (Wildman–Crippen MR) is 142 cm³/mol. The highest BCUT2D eigenvalue weighted by Gasteiger charge is 2.30. The zero-order chi connectivity index (χ0) is 26.6. The zero-order valence-electron chi connectivity index (χ0n) is 22.0. The van der Waals surface area contributed by atoms with Crippen molar-refractivity contribution in [3.05, 3.63) is 59.8 Å². The molecule has 1 fully saturated rings. The minimum absolute atomic E-state index is 0.0276. The van der Waals surface area contributed by atoms with E-state index in [-0.39, 0.29) is 24.0 Å². The van der Waals surface area contributed by atoms with Crippen LogP contribution in [0, 0.1) is 0 Å². The third-order valence-electron chi connectivity index (χ3n) is 7.33. The maximum Gasteiger partial charge on any atom is 0.331 e. The van der Waals surface area contributed by atoms with Crippen molar-refractivity contribution in [3.8, 4) is 11.6 Å². The molecule has 2 aliphatic rings. The number of fused-ring (bicyclic) bond motifs is 2. The van der Waals surface area contributed by atoms with Gasteiger partial charge in [-0.3, -0.25) is 19.4 Å². The molecular formula is C28H31N7O3. The van der Waals surface area contributed by atoms with E-state index in [1.807, 2.05) is 41.9 Å². The first-order valence-corrected chi connectivity index (χ1v) is 13.1. The Bertz CT molecular complexity index is 1530. The minimum Gasteiger partial charge on any atom is -0.439 e. The van der Waals surface area contributed by atoms with E-state index >= 15 is 0 Å². The second-order valence-electron chi connectivity index (χ2n) is 10.5. The van der Waals surface area contributed by atoms with Crippen molar-refractivity contribution in [3.63, 3.8) is 0 Å². The van der Waals surface area contributed by atoms with Crippen molar-refractivity contribution in [2.24, 2.45) is 0 Å². The Morgan fingerprint density at radius 1 is 1.13 bits per heavy atom. The average molecular weight is 514 g/mol. The minimum atomic E-state index is -0.265. The van der Waals surface area contributed by atoms with Crippen LogP contribution >= 0.6 is 0 Å². The highest BCUT2D eigenvalue weighted by molar-refractivity contribution is 5.98. The van der Waals surface area contributed by atoms with Crippen LogP contribution in [0.15, 0.2) is 42.9 Å². The molecule has 196 valence electrons. The van der Waals surface area contributed by atoms with Gasteiger partial charge < -0.3 is 9.64 Å². The summed E-state index contributed by atoms with van der Waals surface area (Å²) < 4.78 is 9.77. The molecule has 6 rings (SSSR count). The van der Waals surface area contributed by atoms with Gasteiger partial charge >= 0.3 is 6.03 Å². The SMILES string of the molecule is CC(=O)N1Cc2ncnc(Oc3ccc4c(ccn4C(=O)Nc4cc(C5CC5)n(C(C)C)n4)c3)c2C[C@@H]1C. The summed E-state index contributed by atoms with van der Waals surface area (Å²) in [5, 5.41) is 8.45. The summed E-state index contributed by atoms with van der Waals surface area (Å²) in [7, 11) is 0. The summed E-state index contributed by atoms with van der Waals surface area (Å²) in [6, 6.07) is 9.46. The largest absolute Gasteiger partial charge is 0.439 e. The van der Waals surface area contributed by atoms with Crippen LogP contribution in [-0.4, -0.2) is 47.2 Å². The number of nitrogens with one attached hydrogen (secondary N) is 1. The molecule has 1 aliphatic heterocycles. The molecule has 0 unspecified atom stereocenters. The van der Waals surface area contributed by atoms with Crippen molar-refractivity contribution >= 4 is 28.7 Å². The van der Waals surface area contributed by atoms with E-state index in [0.29, 0.717) is 36.3 Å². The van der Waals surface area contributed by atoms with Gasteiger partial charge in [-0.1, -0.05) is 0 Å². The van der Waals surface area contributed by atoms with Crippen molar-refractivity contribution in [2.75, 3.05) is 5.32 Å². The molecule has 0 spiro atoms. The van der Waals surface area contributed by atoms with Gasteiger partial charge in [0, 0.05) is 53.8 Å². The number of nitrogens with zero attached hydrogens (tertiary/aromatic N) is 6. The Kier molecular flexibility index (Phi) is 5.89. The quantitative estimate of drug-likeness (QED) is 0.391. The number of anilines is 1. The van der Waals surface area contributed by atoms with Gasteiger partial charge in [0.05, 0.1) is 17.8 Å². The van der Waals surface area contributed by atoms with Crippen LogP contribution in [0.4, 0.5) is 10.6 Å². The molecule has 3 aromatic heterocycles. The Morgan fingerprint density at radius 3 is 2.68 bits per heavy atom. The maximum absolute atomic E-state index is 13.1. The molecule has 10 heteroatoms. The van der Waals surface area contributed by atoms with Crippen molar-refractivity contribution in [1.82, 2.24) is 29.2 Å². The van der Waals surface area contributed by atoms with Gasteiger partial charge in [0.15, 0.2) is 5.82 Å². The van der Waals surface area contributed by atoms with Gasteiger partial charge in [-0.05, 0) is 64.3 Å². The van der Waals surface area contributed by atoms with E-state index in [1.165, 1.54) is 24.9 Å². The Balaban J connectivity index is 1.22. The Labute approximate surface area is 220 Å². The molecule has 1 atom stereocenters. The third-order valence-corrected chi connectivity index (χ3v) is 7.33. The molecule has 10 nitrogen and oxygen atoms in total. The van der Waals surface area contributed by atoms with Gasteiger partial charge in [-0.2, -0.15) is 5.10 Å². The molecule has 0 bridgehead atoms. The fourth-order valence-corrected chi connectivity index (χ4v) is 5.21. The predicted octanol–water partition coefficient (Wildman–Crippen LogP) is 5.25. The number of amides is 2. The topological polar surface area (TPSA) is 107 Å². The molecular weight excluding hydrogens is 482 g/mol.